The molecule has 0 spiro atoms. The van der Waals surface area contributed by atoms with Gasteiger partial charge in [0.25, 0.3) is 0 Å². The van der Waals surface area contributed by atoms with Gasteiger partial charge in [-0.15, -0.1) is 0 Å². The molecule has 1 aromatic heterocycles. The first-order valence-corrected chi connectivity index (χ1v) is 7.69. The summed E-state index contributed by atoms with van der Waals surface area (Å²) in [7, 11) is 0. The number of ether oxygens (including phenoxy) is 1. The van der Waals surface area contributed by atoms with E-state index in [1.54, 1.807) is 6.07 Å². The number of pyridine rings is 1. The molecular formula is C16H18Cl2N2O. The second-order valence-corrected chi connectivity index (χ2v) is 5.52. The molecule has 1 heterocycles. The van der Waals surface area contributed by atoms with E-state index in [0.717, 1.165) is 18.5 Å². The second-order valence-electron chi connectivity index (χ2n) is 4.70. The molecule has 1 atom stereocenters. The Morgan fingerprint density at radius 1 is 1.19 bits per heavy atom. The second kappa shape index (κ2) is 7.53. The third kappa shape index (κ3) is 4.26. The molecule has 2 rings (SSSR count). The lowest BCUT2D eigenvalue weighted by molar-refractivity contribution is 0.218. The van der Waals surface area contributed by atoms with Crippen LogP contribution in [-0.4, -0.2) is 11.5 Å². The number of nitrogens with one attached hydrogen (secondary N) is 1. The van der Waals surface area contributed by atoms with Gasteiger partial charge in [0.2, 0.25) is 5.88 Å². The van der Waals surface area contributed by atoms with Gasteiger partial charge in [-0.05, 0) is 25.0 Å². The molecular weight excluding hydrogens is 307 g/mol. The fraction of sp³-hybridized carbons (Fsp3) is 0.312. The third-order valence-corrected chi connectivity index (χ3v) is 3.56. The van der Waals surface area contributed by atoms with Crippen LogP contribution in [0.1, 0.15) is 31.9 Å². The van der Waals surface area contributed by atoms with Gasteiger partial charge in [-0.2, -0.15) is 4.98 Å². The Kier molecular flexibility index (Phi) is 5.71. The molecule has 2 aromatic rings. The molecule has 0 aliphatic carbocycles. The van der Waals surface area contributed by atoms with Crippen molar-refractivity contribution in [2.45, 2.75) is 26.4 Å². The third-order valence-electron chi connectivity index (χ3n) is 3.00. The smallest absolute Gasteiger partial charge is 0.235 e. The molecule has 0 aliphatic rings. The van der Waals surface area contributed by atoms with Gasteiger partial charge in [0.15, 0.2) is 0 Å². The number of hydrogen-bond acceptors (Lipinski definition) is 3. The molecule has 0 bridgehead atoms. The van der Waals surface area contributed by atoms with E-state index in [2.05, 4.69) is 17.2 Å². The quantitative estimate of drug-likeness (QED) is 0.777. The van der Waals surface area contributed by atoms with Crippen LogP contribution in [0.3, 0.4) is 0 Å². The molecule has 1 unspecified atom stereocenters. The summed E-state index contributed by atoms with van der Waals surface area (Å²) in [5.41, 5.74) is 1.06. The summed E-state index contributed by atoms with van der Waals surface area (Å²) in [6.07, 6.45) is 0.841. The van der Waals surface area contributed by atoms with Gasteiger partial charge >= 0.3 is 0 Å². The van der Waals surface area contributed by atoms with Crippen LogP contribution in [0, 0.1) is 0 Å². The Morgan fingerprint density at radius 3 is 2.57 bits per heavy atom. The van der Waals surface area contributed by atoms with Crippen LogP contribution in [0.15, 0.2) is 36.4 Å². The van der Waals surface area contributed by atoms with Crippen LogP contribution in [-0.2, 0) is 0 Å². The van der Waals surface area contributed by atoms with Crippen molar-refractivity contribution in [2.75, 3.05) is 11.9 Å². The predicted molar refractivity (Wildman–Crippen MR) is 88.5 cm³/mol. The average molecular weight is 325 g/mol. The highest BCUT2D eigenvalue weighted by Crippen LogP contribution is 2.33. The van der Waals surface area contributed by atoms with E-state index in [4.69, 9.17) is 27.9 Å². The fourth-order valence-electron chi connectivity index (χ4n) is 1.86. The van der Waals surface area contributed by atoms with Crippen molar-refractivity contribution in [3.8, 4) is 5.88 Å². The number of halogens is 2. The van der Waals surface area contributed by atoms with Crippen LogP contribution in [0.4, 0.5) is 5.82 Å². The summed E-state index contributed by atoms with van der Waals surface area (Å²) in [4.78, 5) is 4.38. The normalized spacial score (nSPS) is 12.0. The first kappa shape index (κ1) is 15.9. The monoisotopic (exact) mass is 324 g/mol. The van der Waals surface area contributed by atoms with Crippen LogP contribution in [0.5, 0.6) is 5.88 Å². The topological polar surface area (TPSA) is 34.2 Å². The van der Waals surface area contributed by atoms with E-state index in [0.29, 0.717) is 21.7 Å². The maximum Gasteiger partial charge on any atom is 0.235 e. The van der Waals surface area contributed by atoms with E-state index in [1.165, 1.54) is 0 Å². The molecule has 0 saturated heterocycles. The van der Waals surface area contributed by atoms with Crippen LogP contribution in [0.25, 0.3) is 0 Å². The Morgan fingerprint density at radius 2 is 1.90 bits per heavy atom. The molecule has 1 N–H and O–H groups in total. The highest BCUT2D eigenvalue weighted by Gasteiger charge is 2.14. The Balaban J connectivity index is 2.19. The highest BCUT2D eigenvalue weighted by molar-refractivity contribution is 6.36. The lowest BCUT2D eigenvalue weighted by atomic mass is 10.1. The van der Waals surface area contributed by atoms with E-state index in [-0.39, 0.29) is 6.10 Å². The molecule has 1 aromatic carbocycles. The summed E-state index contributed by atoms with van der Waals surface area (Å²) in [6, 6.07) is 11.6. The Hall–Kier alpha value is -1.45. The predicted octanol–water partition coefficient (Wildman–Crippen LogP) is 5.35. The summed E-state index contributed by atoms with van der Waals surface area (Å²) in [5.74, 6) is 0.981. The lowest BCUT2D eigenvalue weighted by Crippen LogP contribution is -2.07. The highest BCUT2D eigenvalue weighted by atomic mass is 35.5. The summed E-state index contributed by atoms with van der Waals surface area (Å²) in [5, 5.41) is 4.06. The number of nitrogens with zero attached hydrogens (tertiary/aromatic N) is 1. The van der Waals surface area contributed by atoms with Gasteiger partial charge in [0.1, 0.15) is 16.9 Å². The summed E-state index contributed by atoms with van der Waals surface area (Å²) < 4.78 is 5.87. The zero-order valence-corrected chi connectivity index (χ0v) is 13.6. The van der Waals surface area contributed by atoms with Crippen LogP contribution in [0.2, 0.25) is 10.0 Å². The molecule has 0 saturated carbocycles. The van der Waals surface area contributed by atoms with Crippen molar-refractivity contribution < 1.29 is 4.74 Å². The molecule has 0 fully saturated rings. The SMILES string of the molecule is CCCNc1nc(OC(C)c2ccccc2)c(Cl)cc1Cl. The zero-order chi connectivity index (χ0) is 15.2. The van der Waals surface area contributed by atoms with E-state index in [9.17, 15) is 0 Å². The number of rotatable bonds is 6. The summed E-state index contributed by atoms with van der Waals surface area (Å²) in [6.45, 7) is 4.83. The molecule has 0 radical (unpaired) electrons. The van der Waals surface area contributed by atoms with Crippen molar-refractivity contribution in [1.29, 1.82) is 0 Å². The number of anilines is 1. The molecule has 0 amide bonds. The van der Waals surface area contributed by atoms with Crippen molar-refractivity contribution >= 4 is 29.0 Å². The van der Waals surface area contributed by atoms with Crippen molar-refractivity contribution in [2.24, 2.45) is 0 Å². The molecule has 5 heteroatoms. The van der Waals surface area contributed by atoms with Gasteiger partial charge in [0.05, 0.1) is 5.02 Å². The number of aromatic nitrogens is 1. The van der Waals surface area contributed by atoms with Gasteiger partial charge in [-0.1, -0.05) is 60.5 Å². The number of hydrogen-bond donors (Lipinski definition) is 1. The van der Waals surface area contributed by atoms with Crippen LogP contribution < -0.4 is 10.1 Å². The molecule has 0 aliphatic heterocycles. The van der Waals surface area contributed by atoms with Gasteiger partial charge in [-0.3, -0.25) is 0 Å². The first-order chi connectivity index (χ1) is 10.1. The van der Waals surface area contributed by atoms with Gasteiger partial charge < -0.3 is 10.1 Å². The first-order valence-electron chi connectivity index (χ1n) is 6.93. The van der Waals surface area contributed by atoms with E-state index in [1.807, 2.05) is 37.3 Å². The lowest BCUT2D eigenvalue weighted by Gasteiger charge is -2.16. The summed E-state index contributed by atoms with van der Waals surface area (Å²) >= 11 is 12.3. The minimum atomic E-state index is -0.142. The van der Waals surface area contributed by atoms with Crippen molar-refractivity contribution in [1.82, 2.24) is 4.98 Å². The maximum atomic E-state index is 6.17. The zero-order valence-electron chi connectivity index (χ0n) is 12.1. The Labute approximate surface area is 135 Å². The minimum absolute atomic E-state index is 0.142. The fourth-order valence-corrected chi connectivity index (χ4v) is 2.33. The largest absolute Gasteiger partial charge is 0.469 e. The number of benzene rings is 1. The average Bonchev–Trinajstić information content (AvgIpc) is 2.49. The van der Waals surface area contributed by atoms with Gasteiger partial charge in [-0.25, -0.2) is 0 Å². The molecule has 112 valence electrons. The molecule has 21 heavy (non-hydrogen) atoms. The van der Waals surface area contributed by atoms with Crippen molar-refractivity contribution in [3.05, 3.63) is 52.0 Å². The van der Waals surface area contributed by atoms with Gasteiger partial charge in [0, 0.05) is 6.54 Å². The maximum absolute atomic E-state index is 6.17. The Bertz CT molecular complexity index is 590. The minimum Gasteiger partial charge on any atom is -0.469 e. The van der Waals surface area contributed by atoms with Crippen molar-refractivity contribution in [3.63, 3.8) is 0 Å². The van der Waals surface area contributed by atoms with E-state index < -0.39 is 0 Å². The standard InChI is InChI=1S/C16H18Cl2N2O/c1-3-9-19-15-13(17)10-14(18)16(20-15)21-11(2)12-7-5-4-6-8-12/h4-8,10-11H,3,9H2,1-2H3,(H,19,20). The molecule has 3 nitrogen and oxygen atoms in total. The van der Waals surface area contributed by atoms with E-state index >= 15 is 0 Å². The van der Waals surface area contributed by atoms with Crippen LogP contribution >= 0.6 is 23.2 Å².